The number of carbonyl (C=O) groups excluding carboxylic acids is 1. The average Bonchev–Trinajstić information content (AvgIpc) is 2.51. The second-order valence-corrected chi connectivity index (χ2v) is 2.67. The van der Waals surface area contributed by atoms with E-state index in [1.54, 1.807) is 0 Å². The first-order chi connectivity index (χ1) is 5.70. The molecule has 12 heavy (non-hydrogen) atoms. The molecule has 1 heterocycles. The van der Waals surface area contributed by atoms with Crippen LogP contribution in [0.2, 0.25) is 0 Å². The molecule has 0 saturated carbocycles. The van der Waals surface area contributed by atoms with Crippen LogP contribution in [0.5, 0.6) is 0 Å². The molecule has 0 radical (unpaired) electrons. The van der Waals surface area contributed by atoms with Crippen LogP contribution in [0.25, 0.3) is 0 Å². The minimum Gasteiger partial charge on any atom is -0.351 e. The number of tetrazole rings is 1. The Hall–Kier alpha value is -1.46. The number of hydrogen-bond acceptors (Lipinski definition) is 4. The molecule has 0 atom stereocenters. The predicted octanol–water partition coefficient (Wildman–Crippen LogP) is -0.899. The van der Waals surface area contributed by atoms with Crippen molar-refractivity contribution in [1.82, 2.24) is 25.9 Å². The van der Waals surface area contributed by atoms with E-state index in [4.69, 9.17) is 0 Å². The van der Waals surface area contributed by atoms with Crippen molar-refractivity contribution in [3.05, 3.63) is 5.82 Å². The summed E-state index contributed by atoms with van der Waals surface area (Å²) in [6.07, 6.45) is 0. The van der Waals surface area contributed by atoms with Crippen LogP contribution < -0.4 is 10.4 Å². The van der Waals surface area contributed by atoms with Crippen LogP contribution in [0.15, 0.2) is 0 Å². The highest BCUT2D eigenvalue weighted by molar-refractivity contribution is 5.77. The van der Waals surface area contributed by atoms with E-state index in [1.807, 2.05) is 13.8 Å². The van der Waals surface area contributed by atoms with Crippen LogP contribution in [0, 0.1) is 5.92 Å². The Morgan fingerprint density at radius 3 is 2.92 bits per heavy atom. The topological polar surface area (TPSA) is 81.9 Å². The van der Waals surface area contributed by atoms with E-state index in [0.29, 0.717) is 12.4 Å². The average molecular weight is 168 g/mol. The minimum absolute atomic E-state index is 0.0270. The first kappa shape index (κ1) is 8.63. The summed E-state index contributed by atoms with van der Waals surface area (Å²) in [6.45, 7) is 3.93. The molecule has 0 aromatic carbocycles. The Labute approximate surface area is 69.7 Å². The molecule has 0 unspecified atom stereocenters. The normalized spacial score (nSPS) is 10.2. The molecule has 0 aliphatic heterocycles. The second kappa shape index (κ2) is 3.80. The fourth-order valence-corrected chi connectivity index (χ4v) is 0.604. The lowest BCUT2D eigenvalue weighted by atomic mass is 10.2. The highest BCUT2D eigenvalue weighted by Gasteiger charge is 2.04. The Kier molecular flexibility index (Phi) is 2.73. The number of carbonyl (C=O) groups is 1. The Morgan fingerprint density at radius 2 is 2.42 bits per heavy atom. The predicted molar refractivity (Wildman–Crippen MR) is 39.8 cm³/mol. The van der Waals surface area contributed by atoms with Gasteiger partial charge in [0.15, 0.2) is 0 Å². The van der Waals surface area contributed by atoms with Gasteiger partial charge in [0.1, 0.15) is 0 Å². The van der Waals surface area contributed by atoms with Gasteiger partial charge in [-0.15, -0.1) is 0 Å². The third kappa shape index (κ3) is 2.30. The van der Waals surface area contributed by atoms with Crippen molar-refractivity contribution >= 4 is 5.91 Å². The number of nitrogens with zero attached hydrogens (tertiary/aromatic N) is 4. The van der Waals surface area contributed by atoms with Crippen LogP contribution in [0.1, 0.15) is 19.7 Å². The third-order valence-electron chi connectivity index (χ3n) is 1.31. The van der Waals surface area contributed by atoms with Crippen molar-refractivity contribution in [3.8, 4) is 0 Å². The van der Waals surface area contributed by atoms with Crippen molar-refractivity contribution in [2.75, 3.05) is 0 Å². The van der Waals surface area contributed by atoms with E-state index < -0.39 is 0 Å². The van der Waals surface area contributed by atoms with E-state index in [-0.39, 0.29) is 11.8 Å². The van der Waals surface area contributed by atoms with Crippen molar-refractivity contribution in [3.63, 3.8) is 0 Å². The molecule has 0 spiro atoms. The molecule has 0 saturated heterocycles. The summed E-state index contributed by atoms with van der Waals surface area (Å²) >= 11 is 0. The molecule has 1 aromatic rings. The molecule has 1 aromatic heterocycles. The van der Waals surface area contributed by atoms with Crippen molar-refractivity contribution in [2.24, 2.45) is 5.92 Å². The summed E-state index contributed by atoms with van der Waals surface area (Å²) in [4.78, 5) is 11.0. The molecule has 0 aliphatic rings. The third-order valence-corrected chi connectivity index (χ3v) is 1.31. The maximum Gasteiger partial charge on any atom is 0.222 e. The molecule has 0 aliphatic carbocycles. The highest BCUT2D eigenvalue weighted by atomic mass is 16.1. The second-order valence-electron chi connectivity index (χ2n) is 2.67. The minimum atomic E-state index is -0.0280. The number of amides is 1. The van der Waals surface area contributed by atoms with Crippen LogP contribution in [-0.4, -0.2) is 21.4 Å². The van der Waals surface area contributed by atoms with Gasteiger partial charge in [-0.05, 0) is 0 Å². The summed E-state index contributed by atoms with van der Waals surface area (Å²) in [5, 5.41) is 16.3. The molecular weight excluding hydrogens is 158 g/mol. The monoisotopic (exact) mass is 168 g/mol. The summed E-state index contributed by atoms with van der Waals surface area (Å²) in [6, 6.07) is 0. The summed E-state index contributed by atoms with van der Waals surface area (Å²) in [5.41, 5.74) is 0. The number of nitrogens with one attached hydrogen (secondary N) is 1. The zero-order valence-corrected chi connectivity index (χ0v) is 6.98. The molecule has 6 nitrogen and oxygen atoms in total. The maximum atomic E-state index is 11.0. The van der Waals surface area contributed by atoms with E-state index in [2.05, 4.69) is 25.9 Å². The smallest absolute Gasteiger partial charge is 0.222 e. The van der Waals surface area contributed by atoms with Gasteiger partial charge in [0.25, 0.3) is 0 Å². The Morgan fingerprint density at radius 1 is 1.67 bits per heavy atom. The zero-order valence-electron chi connectivity index (χ0n) is 6.98. The van der Waals surface area contributed by atoms with Crippen molar-refractivity contribution in [2.45, 2.75) is 20.4 Å². The van der Waals surface area contributed by atoms with Gasteiger partial charge in [0, 0.05) is 18.3 Å². The van der Waals surface area contributed by atoms with Gasteiger partial charge in [0.2, 0.25) is 5.91 Å². The number of rotatable bonds is 3. The van der Waals surface area contributed by atoms with Crippen molar-refractivity contribution < 1.29 is 4.79 Å². The largest absolute Gasteiger partial charge is 0.351 e. The first-order valence-corrected chi connectivity index (χ1v) is 3.65. The molecule has 0 fully saturated rings. The molecule has 1 N–H and O–H groups in total. The van der Waals surface area contributed by atoms with Crippen LogP contribution in [0.3, 0.4) is 0 Å². The summed E-state index contributed by atoms with van der Waals surface area (Å²) in [5.74, 6) is 0.379. The Bertz CT molecular complexity index is 242. The Balaban J connectivity index is 2.32. The van der Waals surface area contributed by atoms with Crippen LogP contribution in [0.4, 0.5) is 0 Å². The van der Waals surface area contributed by atoms with Gasteiger partial charge in [0.05, 0.1) is 0 Å². The lowest BCUT2D eigenvalue weighted by Gasteiger charge is -2.06. The fraction of sp³-hybridized carbons (Fsp3) is 0.667. The molecule has 1 rings (SSSR count). The van der Waals surface area contributed by atoms with E-state index >= 15 is 0 Å². The van der Waals surface area contributed by atoms with Crippen molar-refractivity contribution in [1.29, 1.82) is 0 Å². The van der Waals surface area contributed by atoms with Gasteiger partial charge in [-0.3, -0.25) is 15.1 Å². The molecule has 66 valence electrons. The van der Waals surface area contributed by atoms with Gasteiger partial charge < -0.3 is 10.4 Å². The first-order valence-electron chi connectivity index (χ1n) is 3.65. The van der Waals surface area contributed by atoms with Gasteiger partial charge in [-0.1, -0.05) is 13.8 Å². The standard InChI is InChI=1S/C6H11N5O/c1-4(2)6(12)7-3-5-8-10-11-9-5/h4H,3H2,1-2H3,(H2,7,8,9,10,11,12)/p-1. The maximum absolute atomic E-state index is 11.0. The van der Waals surface area contributed by atoms with E-state index in [0.717, 1.165) is 0 Å². The lowest BCUT2D eigenvalue weighted by molar-refractivity contribution is -0.124. The zero-order chi connectivity index (χ0) is 8.97. The number of hydrogen-bond donors (Lipinski definition) is 1. The fourth-order valence-electron chi connectivity index (χ4n) is 0.604. The lowest BCUT2D eigenvalue weighted by Crippen LogP contribution is -2.27. The quantitative estimate of drug-likeness (QED) is 0.632. The molecular formula is C6H10N5O-. The molecule has 0 bridgehead atoms. The highest BCUT2D eigenvalue weighted by Crippen LogP contribution is 1.91. The van der Waals surface area contributed by atoms with Gasteiger partial charge in [-0.25, -0.2) is 0 Å². The van der Waals surface area contributed by atoms with Crippen LogP contribution >= 0.6 is 0 Å². The van der Waals surface area contributed by atoms with Gasteiger partial charge >= 0.3 is 0 Å². The van der Waals surface area contributed by atoms with E-state index in [9.17, 15) is 4.79 Å². The SMILES string of the molecule is CC(C)C(=O)NCc1nnn[n-]1. The van der Waals surface area contributed by atoms with E-state index in [1.165, 1.54) is 0 Å². The molecule has 6 heteroatoms. The van der Waals surface area contributed by atoms with Crippen LogP contribution in [-0.2, 0) is 11.3 Å². The van der Waals surface area contributed by atoms with Gasteiger partial charge in [-0.2, -0.15) is 5.21 Å². The summed E-state index contributed by atoms with van der Waals surface area (Å²) in [7, 11) is 0. The summed E-state index contributed by atoms with van der Waals surface area (Å²) < 4.78 is 0. The number of aromatic nitrogens is 4. The molecule has 1 amide bonds.